The smallest absolute Gasteiger partial charge is 0.305 e. The molecule has 109 heavy (non-hydrogen) atoms. The number of phenols is 1. The topological polar surface area (TPSA) is 592 Å². The number of nitrogens with one attached hydrogen (secondary N) is 13. The number of aliphatic hydroxyl groups excluding tert-OH is 1. The Hall–Kier alpha value is -12.0. The summed E-state index contributed by atoms with van der Waals surface area (Å²) in [5.41, 5.74) is 32.1. The van der Waals surface area contributed by atoms with Crippen LogP contribution in [0.3, 0.4) is 0 Å². The summed E-state index contributed by atoms with van der Waals surface area (Å²) in [6.45, 7) is 2.73. The number of para-hydroxylation sites is 2. The SMILES string of the molecule is CC[C@H](C)[C@H](NC(=O)[C@H](CCCNC(=N)N)NC(=O)[C@H](Cc1c[nH]c2ccccc12)NC(=O)[C@H](CC(N)=O)NC(=O)[C@H](CO)NC(=O)[C@H](Cc1ccccc1)NC(=O)[C@H](CC(=O)O)NC(=O)[C@H](Cc1c[nH]c2ccccc12)NC(=O)[C@@H](N)CCCCN)C(=O)N[C@@H](Cc1ccc(O)cc1)C(=O)N1CCC[C@H]1C(N)=O. The Morgan fingerprint density at radius 3 is 1.54 bits per heavy atom. The number of benzene rings is 4. The predicted octanol–water partition coefficient (Wildman–Crippen LogP) is -2.43. The third-order valence-electron chi connectivity index (χ3n) is 18.8. The molecule has 1 saturated heterocycles. The van der Waals surface area contributed by atoms with Crippen LogP contribution in [0.4, 0.5) is 0 Å². The number of nitrogens with zero attached hydrogens (tertiary/aromatic N) is 1. The van der Waals surface area contributed by atoms with Gasteiger partial charge in [-0.15, -0.1) is 0 Å². The van der Waals surface area contributed by atoms with Gasteiger partial charge in [-0.3, -0.25) is 67.7 Å². The number of aliphatic hydroxyl groups is 1. The van der Waals surface area contributed by atoms with Crippen molar-refractivity contribution in [2.45, 2.75) is 170 Å². The van der Waals surface area contributed by atoms with Crippen LogP contribution in [0.15, 0.2) is 116 Å². The van der Waals surface area contributed by atoms with E-state index in [2.05, 4.69) is 63.1 Å². The van der Waals surface area contributed by atoms with Crippen molar-refractivity contribution in [1.29, 1.82) is 5.41 Å². The third kappa shape index (κ3) is 25.1. The average Bonchev–Trinajstić information content (AvgIpc) is 1.73. The second-order valence-corrected chi connectivity index (χ2v) is 27.0. The molecule has 12 amide bonds. The first-order valence-electron chi connectivity index (χ1n) is 36.0. The van der Waals surface area contributed by atoms with Crippen molar-refractivity contribution in [1.82, 2.24) is 68.0 Å². The van der Waals surface area contributed by atoms with Gasteiger partial charge in [-0.2, -0.15) is 0 Å². The minimum Gasteiger partial charge on any atom is -0.508 e. The number of hydrogen-bond donors (Lipinski definition) is 21. The summed E-state index contributed by atoms with van der Waals surface area (Å²) in [5, 5.41) is 65.5. The molecule has 26 N–H and O–H groups in total. The number of aromatic nitrogens is 2. The van der Waals surface area contributed by atoms with E-state index in [1.807, 2.05) is 0 Å². The average molecular weight is 1510 g/mol. The molecule has 0 bridgehead atoms. The van der Waals surface area contributed by atoms with Crippen molar-refractivity contribution in [3.05, 3.63) is 138 Å². The molecular weight excluding hydrogens is 1410 g/mol. The van der Waals surface area contributed by atoms with Gasteiger partial charge < -0.3 is 112 Å². The molecule has 4 aromatic carbocycles. The van der Waals surface area contributed by atoms with E-state index >= 15 is 4.79 Å². The maximum absolute atomic E-state index is 15.1. The Kier molecular flexibility index (Phi) is 31.9. The fraction of sp³-hybridized carbons (Fsp3) is 0.432. The number of rotatable bonds is 43. The zero-order valence-electron chi connectivity index (χ0n) is 60.6. The van der Waals surface area contributed by atoms with Crippen LogP contribution < -0.4 is 81.8 Å². The Bertz CT molecular complexity index is 4190. The molecule has 586 valence electrons. The summed E-state index contributed by atoms with van der Waals surface area (Å²) in [4.78, 5) is 190. The second kappa shape index (κ2) is 41.2. The standard InChI is InChI=1S/C74H99N19O16/c1-3-40(2)62(72(108)90-57(32-42-24-26-45(95)27-25-42)73(109)93-30-14-23-59(93)63(78)99)92-65(101)51(22-13-29-81-74(79)80)84-67(103)54(34-44-38-83-50-21-10-8-18-47(44)50)87-69(105)55(35-60(77)96)88-71(107)58(39-94)91-66(102)52(31-41-15-5-4-6-16-41)86-70(106)56(36-61(97)98)89-68(104)53(85-64(100)48(76)19-11-12-28-75)33-43-37-82-49-20-9-7-17-46(43)49/h4-10,15-18,20-21,24-27,37-38,40,48,51-59,62,82-83,94-95H,3,11-14,19,22-23,28-36,39,75-76H2,1-2H3,(H2,77,96)(H2,78,99)(H,84,103)(H,85,100)(H,86,106)(H,87,105)(H,88,107)(H,89,104)(H,90,108)(H,91,102)(H,92,101)(H,97,98)(H4,79,80,81)/t40-,48-,51-,52-,53-,54-,55-,56-,57-,58-,59-,62-/m0/s1. The predicted molar refractivity (Wildman–Crippen MR) is 400 cm³/mol. The molecule has 0 unspecified atom stereocenters. The van der Waals surface area contributed by atoms with Crippen LogP contribution in [0.2, 0.25) is 0 Å². The van der Waals surface area contributed by atoms with Crippen LogP contribution in [0.1, 0.15) is 100 Å². The van der Waals surface area contributed by atoms with Gasteiger partial charge in [0.2, 0.25) is 70.9 Å². The highest BCUT2D eigenvalue weighted by molar-refractivity contribution is 6.01. The van der Waals surface area contributed by atoms with E-state index in [-0.39, 0.29) is 70.2 Å². The molecule has 12 atom stereocenters. The number of carbonyl (C=O) groups is 13. The van der Waals surface area contributed by atoms with Crippen LogP contribution in [-0.4, -0.2) is 206 Å². The number of hydrogen-bond acceptors (Lipinski definition) is 18. The molecule has 2 aromatic heterocycles. The van der Waals surface area contributed by atoms with Gasteiger partial charge >= 0.3 is 5.97 Å². The molecule has 0 aliphatic carbocycles. The maximum Gasteiger partial charge on any atom is 0.305 e. The number of carboxylic acid groups (broad SMARTS) is 1. The van der Waals surface area contributed by atoms with Crippen molar-refractivity contribution in [3.8, 4) is 5.75 Å². The Morgan fingerprint density at radius 1 is 0.541 bits per heavy atom. The van der Waals surface area contributed by atoms with Crippen LogP contribution in [0.25, 0.3) is 21.8 Å². The van der Waals surface area contributed by atoms with E-state index in [4.69, 9.17) is 34.1 Å². The fourth-order valence-corrected chi connectivity index (χ4v) is 12.7. The first kappa shape index (κ1) is 84.3. The van der Waals surface area contributed by atoms with Gasteiger partial charge in [0.05, 0.1) is 25.5 Å². The molecule has 1 aliphatic heterocycles. The molecule has 0 saturated carbocycles. The van der Waals surface area contributed by atoms with Crippen molar-refractivity contribution in [2.24, 2.45) is 34.6 Å². The highest BCUT2D eigenvalue weighted by Gasteiger charge is 2.41. The Balaban J connectivity index is 1.12. The number of aliphatic carboxylic acids is 1. The number of phenolic OH excluding ortho intramolecular Hbond substituents is 1. The number of likely N-dealkylation sites (tertiary alicyclic amines) is 1. The summed E-state index contributed by atoms with van der Waals surface area (Å²) in [5.74, 6) is -14.6. The first-order chi connectivity index (χ1) is 52.1. The lowest BCUT2D eigenvalue weighted by Gasteiger charge is -2.31. The number of carbonyl (C=O) groups excluding carboxylic acids is 12. The normalized spacial score (nSPS) is 15.6. The minimum atomic E-state index is -2.00. The summed E-state index contributed by atoms with van der Waals surface area (Å²) in [7, 11) is 0. The molecule has 1 fully saturated rings. The molecule has 1 aliphatic rings. The molecule has 3 heterocycles. The van der Waals surface area contributed by atoms with Gasteiger partial charge in [0.15, 0.2) is 5.96 Å². The zero-order valence-corrected chi connectivity index (χ0v) is 60.6. The van der Waals surface area contributed by atoms with Gasteiger partial charge in [-0.1, -0.05) is 106 Å². The number of primary amides is 2. The Labute approximate surface area is 627 Å². The molecule has 35 nitrogen and oxygen atoms in total. The summed E-state index contributed by atoms with van der Waals surface area (Å²) >= 11 is 0. The van der Waals surface area contributed by atoms with Crippen molar-refractivity contribution < 1.29 is 77.6 Å². The largest absolute Gasteiger partial charge is 0.508 e. The molecule has 35 heteroatoms. The van der Waals surface area contributed by atoms with E-state index in [0.29, 0.717) is 76.3 Å². The minimum absolute atomic E-state index is 0.00770. The number of H-pyrrole nitrogens is 2. The zero-order chi connectivity index (χ0) is 79.4. The van der Waals surface area contributed by atoms with E-state index in [1.54, 1.807) is 117 Å². The van der Waals surface area contributed by atoms with Crippen molar-refractivity contribution >= 4 is 105 Å². The lowest BCUT2D eigenvalue weighted by Crippen LogP contribution is -2.62. The van der Waals surface area contributed by atoms with Gasteiger partial charge in [0.25, 0.3) is 0 Å². The molecule has 7 rings (SSSR count). The van der Waals surface area contributed by atoms with Gasteiger partial charge in [-0.25, -0.2) is 0 Å². The molecular formula is C74H99N19O16. The third-order valence-corrected chi connectivity index (χ3v) is 18.8. The summed E-state index contributed by atoms with van der Waals surface area (Å²) in [6, 6.07) is 10.9. The number of amides is 12. The van der Waals surface area contributed by atoms with Gasteiger partial charge in [0, 0.05) is 73.0 Å². The van der Waals surface area contributed by atoms with Crippen molar-refractivity contribution in [2.75, 3.05) is 26.2 Å². The number of fused-ring (bicyclic) bond motifs is 2. The lowest BCUT2D eigenvalue weighted by molar-refractivity contribution is -0.141. The fourth-order valence-electron chi connectivity index (χ4n) is 12.7. The maximum atomic E-state index is 15.1. The van der Waals surface area contributed by atoms with Crippen LogP contribution >= 0.6 is 0 Å². The molecule has 0 spiro atoms. The number of aromatic hydroxyl groups is 1. The number of unbranched alkanes of at least 4 members (excludes halogenated alkanes) is 1. The quantitative estimate of drug-likeness (QED) is 0.0108. The summed E-state index contributed by atoms with van der Waals surface area (Å²) in [6.07, 6.45) is 2.37. The monoisotopic (exact) mass is 1510 g/mol. The number of aromatic amines is 2. The number of nitrogens with two attached hydrogens (primary N) is 5. The lowest BCUT2D eigenvalue weighted by atomic mass is 9.96. The van der Waals surface area contributed by atoms with Gasteiger partial charge in [0.1, 0.15) is 66.2 Å². The highest BCUT2D eigenvalue weighted by Crippen LogP contribution is 2.24. The highest BCUT2D eigenvalue weighted by atomic mass is 16.4. The van der Waals surface area contributed by atoms with Crippen LogP contribution in [0, 0.1) is 11.3 Å². The summed E-state index contributed by atoms with van der Waals surface area (Å²) < 4.78 is 0. The number of carboxylic acids is 1. The Morgan fingerprint density at radius 2 is 1.01 bits per heavy atom. The van der Waals surface area contributed by atoms with E-state index in [1.165, 1.54) is 17.0 Å². The molecule has 6 aromatic rings. The van der Waals surface area contributed by atoms with Crippen LogP contribution in [0.5, 0.6) is 5.75 Å². The van der Waals surface area contributed by atoms with Crippen LogP contribution in [-0.2, 0) is 88.0 Å². The van der Waals surface area contributed by atoms with E-state index < -0.39 is 175 Å². The second-order valence-electron chi connectivity index (χ2n) is 27.0. The molecule has 0 radical (unpaired) electrons. The van der Waals surface area contributed by atoms with Crippen molar-refractivity contribution in [3.63, 3.8) is 0 Å². The van der Waals surface area contributed by atoms with Gasteiger partial charge in [-0.05, 0) is 97.5 Å². The number of guanidine groups is 1. The van der Waals surface area contributed by atoms with E-state index in [0.717, 1.165) is 0 Å². The van der Waals surface area contributed by atoms with E-state index in [9.17, 15) is 72.9 Å². The first-order valence-corrected chi connectivity index (χ1v) is 36.0.